The summed E-state index contributed by atoms with van der Waals surface area (Å²) >= 11 is 1.55. The molecule has 142 valence electrons. The van der Waals surface area contributed by atoms with Crippen LogP contribution in [0, 0.1) is 0 Å². The number of rotatable bonds is 7. The molecule has 1 amide bonds. The summed E-state index contributed by atoms with van der Waals surface area (Å²) in [6, 6.07) is 15.5. The summed E-state index contributed by atoms with van der Waals surface area (Å²) in [7, 11) is 0. The molecule has 2 N–H and O–H groups in total. The van der Waals surface area contributed by atoms with Gasteiger partial charge in [-0.15, -0.1) is 11.3 Å². The average molecular weight is 393 g/mol. The van der Waals surface area contributed by atoms with Crippen molar-refractivity contribution in [1.82, 2.24) is 15.3 Å². The van der Waals surface area contributed by atoms with Gasteiger partial charge < -0.3 is 9.73 Å². The molecule has 4 aromatic rings. The van der Waals surface area contributed by atoms with E-state index < -0.39 is 5.76 Å². The van der Waals surface area contributed by atoms with Crippen molar-refractivity contribution in [2.24, 2.45) is 0 Å². The standard InChI is InChI=1S/C21H19N3O3S/c25-19(9-6-14-4-2-1-3-5-14)22-11-10-20-23-17(13-28-20)15-7-8-16-18(12-15)27-21(26)24-16/h1-5,7-8,12-13H,6,9-11H2,(H,22,25)(H,24,26). The lowest BCUT2D eigenvalue weighted by atomic mass is 10.1. The third-order valence-electron chi connectivity index (χ3n) is 4.41. The number of aryl methyl sites for hydroxylation is 1. The van der Waals surface area contributed by atoms with Crippen LogP contribution in [0.25, 0.3) is 22.4 Å². The quantitative estimate of drug-likeness (QED) is 0.503. The first-order valence-electron chi connectivity index (χ1n) is 9.06. The van der Waals surface area contributed by atoms with Crippen molar-refractivity contribution in [3.8, 4) is 11.3 Å². The summed E-state index contributed by atoms with van der Waals surface area (Å²) in [4.78, 5) is 30.5. The van der Waals surface area contributed by atoms with E-state index in [1.165, 1.54) is 0 Å². The summed E-state index contributed by atoms with van der Waals surface area (Å²) in [5.74, 6) is -0.414. The highest BCUT2D eigenvalue weighted by Crippen LogP contribution is 2.25. The topological polar surface area (TPSA) is 88.0 Å². The van der Waals surface area contributed by atoms with Crippen LogP contribution in [0.5, 0.6) is 0 Å². The van der Waals surface area contributed by atoms with Gasteiger partial charge in [0, 0.05) is 30.3 Å². The number of hydrogen-bond donors (Lipinski definition) is 2. The van der Waals surface area contributed by atoms with Gasteiger partial charge in [0.1, 0.15) is 0 Å². The first-order chi connectivity index (χ1) is 13.7. The van der Waals surface area contributed by atoms with Crippen LogP contribution in [-0.2, 0) is 17.6 Å². The lowest BCUT2D eigenvalue weighted by Crippen LogP contribution is -2.25. The van der Waals surface area contributed by atoms with E-state index in [-0.39, 0.29) is 5.91 Å². The van der Waals surface area contributed by atoms with Gasteiger partial charge in [0.15, 0.2) is 5.58 Å². The Morgan fingerprint density at radius 3 is 2.86 bits per heavy atom. The monoisotopic (exact) mass is 393 g/mol. The third kappa shape index (κ3) is 4.37. The van der Waals surface area contributed by atoms with Crippen LogP contribution in [0.4, 0.5) is 0 Å². The van der Waals surface area contributed by atoms with Crippen LogP contribution in [0.1, 0.15) is 17.0 Å². The number of nitrogens with one attached hydrogen (secondary N) is 2. The van der Waals surface area contributed by atoms with Crippen molar-refractivity contribution in [3.63, 3.8) is 0 Å². The molecule has 0 bridgehead atoms. The number of oxazole rings is 1. The zero-order valence-corrected chi connectivity index (χ0v) is 15.9. The predicted molar refractivity (Wildman–Crippen MR) is 109 cm³/mol. The number of benzene rings is 2. The van der Waals surface area contributed by atoms with Gasteiger partial charge in [-0.2, -0.15) is 0 Å². The second-order valence-corrected chi connectivity index (χ2v) is 7.38. The number of aromatic nitrogens is 2. The first-order valence-corrected chi connectivity index (χ1v) is 9.93. The largest absolute Gasteiger partial charge is 0.417 e. The second kappa shape index (κ2) is 8.22. The summed E-state index contributed by atoms with van der Waals surface area (Å²) < 4.78 is 5.10. The van der Waals surface area contributed by atoms with Crippen molar-refractivity contribution in [2.45, 2.75) is 19.3 Å². The van der Waals surface area contributed by atoms with Gasteiger partial charge in [0.05, 0.1) is 16.2 Å². The summed E-state index contributed by atoms with van der Waals surface area (Å²) in [6.45, 7) is 0.562. The number of H-pyrrole nitrogens is 1. The van der Waals surface area contributed by atoms with Crippen LogP contribution < -0.4 is 11.1 Å². The van der Waals surface area contributed by atoms with E-state index >= 15 is 0 Å². The van der Waals surface area contributed by atoms with Gasteiger partial charge in [0.2, 0.25) is 5.91 Å². The number of carbonyl (C=O) groups is 1. The average Bonchev–Trinajstić information content (AvgIpc) is 3.32. The normalized spacial score (nSPS) is 11.0. The molecule has 0 atom stereocenters. The third-order valence-corrected chi connectivity index (χ3v) is 5.32. The molecule has 0 unspecified atom stereocenters. The van der Waals surface area contributed by atoms with E-state index in [1.54, 1.807) is 17.4 Å². The van der Waals surface area contributed by atoms with Gasteiger partial charge in [-0.3, -0.25) is 9.78 Å². The maximum atomic E-state index is 12.0. The molecule has 0 aliphatic heterocycles. The molecule has 6 nitrogen and oxygen atoms in total. The van der Waals surface area contributed by atoms with Crippen LogP contribution in [0.3, 0.4) is 0 Å². The smallest absolute Gasteiger partial charge is 0.408 e. The molecule has 2 aromatic carbocycles. The number of carbonyl (C=O) groups excluding carboxylic acids is 1. The fourth-order valence-corrected chi connectivity index (χ4v) is 3.77. The molecule has 2 aromatic heterocycles. The Kier molecular flexibility index (Phi) is 5.34. The Bertz CT molecular complexity index is 1140. The molecule has 4 rings (SSSR count). The van der Waals surface area contributed by atoms with E-state index in [2.05, 4.69) is 15.3 Å². The Balaban J connectivity index is 1.29. The Morgan fingerprint density at radius 2 is 2.00 bits per heavy atom. The van der Waals surface area contributed by atoms with E-state index in [1.807, 2.05) is 47.8 Å². The highest BCUT2D eigenvalue weighted by molar-refractivity contribution is 7.09. The Labute approximate surface area is 165 Å². The molecule has 7 heteroatoms. The zero-order chi connectivity index (χ0) is 19.3. The molecule has 0 saturated carbocycles. The minimum absolute atomic E-state index is 0.0496. The van der Waals surface area contributed by atoms with E-state index in [0.29, 0.717) is 30.5 Å². The number of amides is 1. The fourth-order valence-electron chi connectivity index (χ4n) is 2.96. The molecule has 28 heavy (non-hydrogen) atoms. The van der Waals surface area contributed by atoms with Gasteiger partial charge >= 0.3 is 5.76 Å². The van der Waals surface area contributed by atoms with Crippen molar-refractivity contribution in [3.05, 3.63) is 75.0 Å². The SMILES string of the molecule is O=C(CCc1ccccc1)NCCc1nc(-c2ccc3[nH]c(=O)oc3c2)cs1. The molecule has 0 aliphatic carbocycles. The van der Waals surface area contributed by atoms with Gasteiger partial charge in [-0.25, -0.2) is 9.78 Å². The van der Waals surface area contributed by atoms with Crippen LogP contribution in [-0.4, -0.2) is 22.4 Å². The Morgan fingerprint density at radius 1 is 1.14 bits per heavy atom. The molecule has 0 fully saturated rings. The molecule has 0 radical (unpaired) electrons. The highest BCUT2D eigenvalue weighted by atomic mass is 32.1. The molecular formula is C21H19N3O3S. The van der Waals surface area contributed by atoms with Gasteiger partial charge in [-0.05, 0) is 24.1 Å². The number of thiazole rings is 1. The number of fused-ring (bicyclic) bond motifs is 1. The van der Waals surface area contributed by atoms with E-state index in [4.69, 9.17) is 4.42 Å². The number of hydrogen-bond acceptors (Lipinski definition) is 5. The molecular weight excluding hydrogens is 374 g/mol. The van der Waals surface area contributed by atoms with Crippen LogP contribution in [0.15, 0.2) is 63.1 Å². The van der Waals surface area contributed by atoms with Crippen molar-refractivity contribution < 1.29 is 9.21 Å². The first kappa shape index (κ1) is 18.2. The zero-order valence-electron chi connectivity index (χ0n) is 15.1. The summed E-state index contributed by atoms with van der Waals surface area (Å²) in [6.07, 6.45) is 1.91. The van der Waals surface area contributed by atoms with E-state index in [9.17, 15) is 9.59 Å². The fraction of sp³-hybridized carbons (Fsp3) is 0.190. The molecule has 2 heterocycles. The summed E-state index contributed by atoms with van der Waals surface area (Å²) in [5.41, 5.74) is 4.08. The minimum atomic E-state index is -0.464. The second-order valence-electron chi connectivity index (χ2n) is 6.44. The lowest BCUT2D eigenvalue weighted by Gasteiger charge is -2.04. The molecule has 0 saturated heterocycles. The van der Waals surface area contributed by atoms with Crippen LogP contribution in [0.2, 0.25) is 0 Å². The molecule has 0 aliphatic rings. The van der Waals surface area contributed by atoms with Crippen molar-refractivity contribution in [1.29, 1.82) is 0 Å². The lowest BCUT2D eigenvalue weighted by molar-refractivity contribution is -0.121. The predicted octanol–water partition coefficient (Wildman–Crippen LogP) is 3.54. The number of aromatic amines is 1. The van der Waals surface area contributed by atoms with Gasteiger partial charge in [0.25, 0.3) is 0 Å². The van der Waals surface area contributed by atoms with E-state index in [0.717, 1.165) is 28.2 Å². The van der Waals surface area contributed by atoms with Crippen LogP contribution >= 0.6 is 11.3 Å². The van der Waals surface area contributed by atoms with Gasteiger partial charge in [-0.1, -0.05) is 36.4 Å². The Hall–Kier alpha value is -3.19. The highest BCUT2D eigenvalue weighted by Gasteiger charge is 2.09. The summed E-state index contributed by atoms with van der Waals surface area (Å²) in [5, 5.41) is 5.87. The van der Waals surface area contributed by atoms with Crippen molar-refractivity contribution >= 4 is 28.3 Å². The van der Waals surface area contributed by atoms with Crippen molar-refractivity contribution in [2.75, 3.05) is 6.54 Å². The maximum absolute atomic E-state index is 12.0. The minimum Gasteiger partial charge on any atom is -0.408 e. The number of nitrogens with zero attached hydrogens (tertiary/aromatic N) is 1. The maximum Gasteiger partial charge on any atom is 0.417 e. The molecule has 0 spiro atoms.